The molecule has 3 heteroatoms. The van der Waals surface area contributed by atoms with Crippen LogP contribution in [0.4, 0.5) is 0 Å². The molecule has 0 aliphatic carbocycles. The Balaban J connectivity index is 3.20. The van der Waals surface area contributed by atoms with Gasteiger partial charge in [-0.1, -0.05) is 19.1 Å². The van der Waals surface area contributed by atoms with Crippen LogP contribution in [0.25, 0.3) is 0 Å². The molecule has 2 nitrogen and oxygen atoms in total. The van der Waals surface area contributed by atoms with Gasteiger partial charge in [0.25, 0.3) is 0 Å². The highest BCUT2D eigenvalue weighted by molar-refractivity contribution is 6.17. The molecule has 0 aliphatic heterocycles. The third-order valence-corrected chi connectivity index (χ3v) is 2.43. The number of alkyl halides is 1. The number of halogens is 1. The molecule has 14 heavy (non-hydrogen) atoms. The van der Waals surface area contributed by atoms with Crippen molar-refractivity contribution in [2.24, 2.45) is 0 Å². The second kappa shape index (κ2) is 4.91. The van der Waals surface area contributed by atoms with Crippen molar-refractivity contribution in [3.05, 3.63) is 34.9 Å². The monoisotopic (exact) mass is 210 g/mol. The average molecular weight is 211 g/mol. The maximum absolute atomic E-state index is 10.6. The van der Waals surface area contributed by atoms with Gasteiger partial charge in [-0.15, -0.1) is 11.6 Å². The third-order valence-electron chi connectivity index (χ3n) is 2.14. The van der Waals surface area contributed by atoms with Gasteiger partial charge in [0.2, 0.25) is 0 Å². The first kappa shape index (κ1) is 10.9. The lowest BCUT2D eigenvalue weighted by Crippen LogP contribution is -2.00. The highest BCUT2D eigenvalue weighted by Crippen LogP contribution is 2.21. The topological polar surface area (TPSA) is 34.1 Å². The van der Waals surface area contributed by atoms with Gasteiger partial charge < -0.3 is 4.79 Å². The number of aldehydes is 2. The Bertz CT molecular complexity index is 347. The first-order valence-corrected chi connectivity index (χ1v) is 4.85. The van der Waals surface area contributed by atoms with E-state index < -0.39 is 0 Å². The van der Waals surface area contributed by atoms with E-state index in [1.54, 1.807) is 25.1 Å². The molecule has 0 aliphatic rings. The Morgan fingerprint density at radius 3 is 2.64 bits per heavy atom. The maximum Gasteiger partial charge on any atom is 0.150 e. The third kappa shape index (κ3) is 2.20. The van der Waals surface area contributed by atoms with Crippen LogP contribution in [0.2, 0.25) is 0 Å². The minimum absolute atomic E-state index is 0.219. The first-order valence-electron chi connectivity index (χ1n) is 4.32. The molecule has 0 bridgehead atoms. The summed E-state index contributed by atoms with van der Waals surface area (Å²) in [5.41, 5.74) is 2.30. The summed E-state index contributed by atoms with van der Waals surface area (Å²) in [6, 6.07) is 5.20. The summed E-state index contributed by atoms with van der Waals surface area (Å²) in [5, 5.41) is 0. The van der Waals surface area contributed by atoms with Crippen LogP contribution >= 0.6 is 11.6 Å². The molecular formula is C11H11ClO2. The first-order chi connectivity index (χ1) is 6.72. The van der Waals surface area contributed by atoms with Crippen molar-refractivity contribution < 1.29 is 9.59 Å². The van der Waals surface area contributed by atoms with Gasteiger partial charge in [-0.3, -0.25) is 4.79 Å². The van der Waals surface area contributed by atoms with Crippen LogP contribution in [0.3, 0.4) is 0 Å². The van der Waals surface area contributed by atoms with Crippen molar-refractivity contribution in [3.8, 4) is 0 Å². The quantitative estimate of drug-likeness (QED) is 0.565. The Hall–Kier alpha value is -1.15. The summed E-state index contributed by atoms with van der Waals surface area (Å²) >= 11 is 5.72. The fraction of sp³-hybridized carbons (Fsp3) is 0.273. The number of hydrogen-bond donors (Lipinski definition) is 0. The van der Waals surface area contributed by atoms with Crippen LogP contribution in [-0.2, 0) is 10.7 Å². The normalized spacial score (nSPS) is 12.1. The smallest absolute Gasteiger partial charge is 0.150 e. The molecule has 0 heterocycles. The molecule has 0 aromatic heterocycles. The van der Waals surface area contributed by atoms with Gasteiger partial charge in [0.15, 0.2) is 0 Å². The van der Waals surface area contributed by atoms with Crippen LogP contribution in [0.5, 0.6) is 0 Å². The number of carbonyl (C=O) groups is 2. The van der Waals surface area contributed by atoms with Crippen molar-refractivity contribution in [3.63, 3.8) is 0 Å². The summed E-state index contributed by atoms with van der Waals surface area (Å²) in [5.74, 6) is 0.135. The number of benzene rings is 1. The number of carbonyl (C=O) groups excluding carboxylic acids is 2. The van der Waals surface area contributed by atoms with Crippen LogP contribution in [0.15, 0.2) is 18.2 Å². The van der Waals surface area contributed by atoms with Gasteiger partial charge in [-0.05, 0) is 17.2 Å². The van der Waals surface area contributed by atoms with E-state index in [1.165, 1.54) is 0 Å². The molecule has 0 saturated heterocycles. The molecule has 0 amide bonds. The lowest BCUT2D eigenvalue weighted by atomic mass is 9.96. The lowest BCUT2D eigenvalue weighted by molar-refractivity contribution is -0.108. The van der Waals surface area contributed by atoms with E-state index in [4.69, 9.17) is 11.6 Å². The van der Waals surface area contributed by atoms with Crippen LogP contribution in [0.1, 0.15) is 34.3 Å². The second-order valence-electron chi connectivity index (χ2n) is 3.13. The van der Waals surface area contributed by atoms with Crippen LogP contribution < -0.4 is 0 Å². The van der Waals surface area contributed by atoms with E-state index in [1.807, 2.05) is 0 Å². The SMILES string of the molecule is CC(C=O)c1cc(C=O)ccc1CCl. The van der Waals surface area contributed by atoms with Crippen molar-refractivity contribution in [1.82, 2.24) is 0 Å². The predicted molar refractivity (Wildman–Crippen MR) is 55.9 cm³/mol. The minimum atomic E-state index is -0.219. The molecular weight excluding hydrogens is 200 g/mol. The van der Waals surface area contributed by atoms with E-state index >= 15 is 0 Å². The molecule has 0 spiro atoms. The van der Waals surface area contributed by atoms with Gasteiger partial charge >= 0.3 is 0 Å². The van der Waals surface area contributed by atoms with E-state index in [2.05, 4.69) is 0 Å². The van der Waals surface area contributed by atoms with Gasteiger partial charge in [0, 0.05) is 17.4 Å². The van der Waals surface area contributed by atoms with Crippen LogP contribution in [-0.4, -0.2) is 12.6 Å². The zero-order valence-corrected chi connectivity index (χ0v) is 8.62. The highest BCUT2D eigenvalue weighted by Gasteiger charge is 2.09. The van der Waals surface area contributed by atoms with Crippen molar-refractivity contribution in [1.29, 1.82) is 0 Å². The van der Waals surface area contributed by atoms with Gasteiger partial charge in [0.05, 0.1) is 0 Å². The predicted octanol–water partition coefficient (Wildman–Crippen LogP) is 2.54. The van der Waals surface area contributed by atoms with Gasteiger partial charge in [0.1, 0.15) is 12.6 Å². The molecule has 1 aromatic carbocycles. The molecule has 1 unspecified atom stereocenters. The lowest BCUT2D eigenvalue weighted by Gasteiger charge is -2.09. The van der Waals surface area contributed by atoms with E-state index in [0.29, 0.717) is 11.4 Å². The van der Waals surface area contributed by atoms with E-state index in [9.17, 15) is 9.59 Å². The molecule has 0 saturated carbocycles. The highest BCUT2D eigenvalue weighted by atomic mass is 35.5. The largest absolute Gasteiger partial charge is 0.303 e. The van der Waals surface area contributed by atoms with Gasteiger partial charge in [-0.2, -0.15) is 0 Å². The average Bonchev–Trinajstić information content (AvgIpc) is 2.27. The van der Waals surface area contributed by atoms with Crippen molar-refractivity contribution >= 4 is 24.2 Å². The Morgan fingerprint density at radius 1 is 1.43 bits per heavy atom. The van der Waals surface area contributed by atoms with Crippen molar-refractivity contribution in [2.45, 2.75) is 18.7 Å². The standard InChI is InChI=1S/C11H11ClO2/c1-8(6-13)11-4-9(7-14)2-3-10(11)5-12/h2-4,6-8H,5H2,1H3. The molecule has 0 radical (unpaired) electrons. The summed E-state index contributed by atoms with van der Waals surface area (Å²) < 4.78 is 0. The van der Waals surface area contributed by atoms with E-state index in [0.717, 1.165) is 23.7 Å². The summed E-state index contributed by atoms with van der Waals surface area (Å²) in [7, 11) is 0. The molecule has 0 N–H and O–H groups in total. The number of hydrogen-bond acceptors (Lipinski definition) is 2. The fourth-order valence-electron chi connectivity index (χ4n) is 1.31. The summed E-state index contributed by atoms with van der Waals surface area (Å²) in [6.07, 6.45) is 1.61. The molecule has 0 fully saturated rings. The maximum atomic E-state index is 10.6. The van der Waals surface area contributed by atoms with Crippen LogP contribution in [0, 0.1) is 0 Å². The number of rotatable bonds is 4. The van der Waals surface area contributed by atoms with Gasteiger partial charge in [-0.25, -0.2) is 0 Å². The van der Waals surface area contributed by atoms with E-state index in [-0.39, 0.29) is 5.92 Å². The second-order valence-corrected chi connectivity index (χ2v) is 3.40. The zero-order chi connectivity index (χ0) is 10.6. The molecule has 1 atom stereocenters. The molecule has 1 aromatic rings. The molecule has 74 valence electrons. The zero-order valence-electron chi connectivity index (χ0n) is 7.87. The Morgan fingerprint density at radius 2 is 2.14 bits per heavy atom. The summed E-state index contributed by atoms with van der Waals surface area (Å²) in [6.45, 7) is 1.78. The van der Waals surface area contributed by atoms with Crippen molar-refractivity contribution in [2.75, 3.05) is 0 Å². The minimum Gasteiger partial charge on any atom is -0.303 e. The Kier molecular flexibility index (Phi) is 3.84. The summed E-state index contributed by atoms with van der Waals surface area (Å²) in [4.78, 5) is 21.2. The Labute approximate surface area is 87.9 Å². The fourth-order valence-corrected chi connectivity index (χ4v) is 1.55. The molecule has 1 rings (SSSR count).